The molecule has 1 fully saturated rings. The lowest BCUT2D eigenvalue weighted by Gasteiger charge is -2.34. The molecule has 6 heteroatoms. The van der Waals surface area contributed by atoms with E-state index in [1.165, 1.54) is 16.9 Å². The molecular weight excluding hydrogens is 346 g/mol. The van der Waals surface area contributed by atoms with E-state index >= 15 is 0 Å². The van der Waals surface area contributed by atoms with Gasteiger partial charge in [-0.3, -0.25) is 9.69 Å². The fraction of sp³-hybridized carbons (Fsp3) is 0.400. The van der Waals surface area contributed by atoms with Crippen molar-refractivity contribution in [2.45, 2.75) is 13.5 Å². The van der Waals surface area contributed by atoms with Crippen LogP contribution in [-0.4, -0.2) is 60.5 Å². The summed E-state index contributed by atoms with van der Waals surface area (Å²) in [5.41, 5.74) is 2.02. The van der Waals surface area contributed by atoms with Crippen LogP contribution in [0.3, 0.4) is 0 Å². The fourth-order valence-corrected chi connectivity index (χ4v) is 4.02. The Kier molecular flexibility index (Phi) is 6.55. The monoisotopic (exact) mass is 371 g/mol. The van der Waals surface area contributed by atoms with Crippen molar-refractivity contribution in [3.05, 3.63) is 57.6 Å². The third-order valence-corrected chi connectivity index (χ3v) is 5.55. The number of methoxy groups -OCH3 is 1. The largest absolute Gasteiger partial charge is 0.378 e. The summed E-state index contributed by atoms with van der Waals surface area (Å²) in [5, 5.41) is 0.859. The van der Waals surface area contributed by atoms with Gasteiger partial charge in [-0.05, 0) is 12.5 Å². The van der Waals surface area contributed by atoms with E-state index in [-0.39, 0.29) is 5.91 Å². The molecule has 0 bridgehead atoms. The maximum atomic E-state index is 12.8. The van der Waals surface area contributed by atoms with Gasteiger partial charge < -0.3 is 9.64 Å². The molecule has 1 aromatic carbocycles. The number of carbonyl (C=O) groups excluding carboxylic acids is 1. The number of aryl methyl sites for hydroxylation is 1. The van der Waals surface area contributed by atoms with Crippen LogP contribution in [0.4, 0.5) is 0 Å². The molecule has 0 N–H and O–H groups in total. The maximum absolute atomic E-state index is 12.8. The minimum Gasteiger partial charge on any atom is -0.378 e. The van der Waals surface area contributed by atoms with Gasteiger partial charge in [0.05, 0.1) is 12.3 Å². The third kappa shape index (κ3) is 4.78. The Labute approximate surface area is 158 Å². The van der Waals surface area contributed by atoms with E-state index in [1.54, 1.807) is 7.11 Å². The lowest BCUT2D eigenvalue weighted by Crippen LogP contribution is -2.48. The van der Waals surface area contributed by atoms with Gasteiger partial charge in [-0.2, -0.15) is 0 Å². The molecule has 0 aliphatic carbocycles. The molecule has 0 unspecified atom stereocenters. The molecule has 3 rings (SSSR count). The molecule has 1 saturated heterocycles. The van der Waals surface area contributed by atoms with Crippen LogP contribution in [0.5, 0.6) is 0 Å². The van der Waals surface area contributed by atoms with Crippen LogP contribution >= 0.6 is 11.3 Å². The summed E-state index contributed by atoms with van der Waals surface area (Å²) in [7, 11) is 1.64. The third-order valence-electron chi connectivity index (χ3n) is 4.44. The van der Waals surface area contributed by atoms with Gasteiger partial charge in [0, 0.05) is 39.8 Å². The Morgan fingerprint density at radius 3 is 2.65 bits per heavy atom. The fourth-order valence-electron chi connectivity index (χ4n) is 3.02. The minimum absolute atomic E-state index is 0.0989. The summed E-state index contributed by atoms with van der Waals surface area (Å²) in [6.07, 6.45) is 4.34. The standard InChI is InChI=1S/C20H25N3O2S/c1-16-19(26-18(21-16)15-25-2)20(24)23-13-11-22(12-14-23)10-6-9-17-7-4-3-5-8-17/h3-9H,10-15H2,1-2H3/b9-6+. The van der Waals surface area contributed by atoms with Crippen molar-refractivity contribution in [2.24, 2.45) is 0 Å². The molecule has 1 aromatic heterocycles. The quantitative estimate of drug-likeness (QED) is 0.783. The first-order valence-electron chi connectivity index (χ1n) is 8.86. The van der Waals surface area contributed by atoms with Crippen LogP contribution < -0.4 is 0 Å². The van der Waals surface area contributed by atoms with Gasteiger partial charge >= 0.3 is 0 Å². The van der Waals surface area contributed by atoms with Crippen LogP contribution in [-0.2, 0) is 11.3 Å². The highest BCUT2D eigenvalue weighted by Gasteiger charge is 2.25. The second-order valence-corrected chi connectivity index (χ2v) is 7.44. The van der Waals surface area contributed by atoms with E-state index in [1.807, 2.05) is 30.0 Å². The molecule has 0 saturated carbocycles. The number of aromatic nitrogens is 1. The molecule has 0 atom stereocenters. The maximum Gasteiger partial charge on any atom is 0.265 e. The number of rotatable bonds is 6. The highest BCUT2D eigenvalue weighted by atomic mass is 32.1. The summed E-state index contributed by atoms with van der Waals surface area (Å²) in [4.78, 5) is 22.3. The molecule has 0 spiro atoms. The first-order chi connectivity index (χ1) is 12.7. The van der Waals surface area contributed by atoms with E-state index in [4.69, 9.17) is 4.74 Å². The number of thiazole rings is 1. The van der Waals surface area contributed by atoms with Gasteiger partial charge in [0.15, 0.2) is 0 Å². The average Bonchev–Trinajstić information content (AvgIpc) is 3.03. The second-order valence-electron chi connectivity index (χ2n) is 6.36. The molecule has 5 nitrogen and oxygen atoms in total. The number of ether oxygens (including phenoxy) is 1. The van der Waals surface area contributed by atoms with E-state index in [0.717, 1.165) is 48.3 Å². The first-order valence-corrected chi connectivity index (χ1v) is 9.67. The highest BCUT2D eigenvalue weighted by Crippen LogP contribution is 2.21. The predicted molar refractivity (Wildman–Crippen MR) is 105 cm³/mol. The number of amides is 1. The van der Waals surface area contributed by atoms with Gasteiger partial charge in [-0.15, -0.1) is 11.3 Å². The van der Waals surface area contributed by atoms with Gasteiger partial charge in [0.2, 0.25) is 0 Å². The zero-order valence-corrected chi connectivity index (χ0v) is 16.2. The lowest BCUT2D eigenvalue weighted by molar-refractivity contribution is 0.0654. The van der Waals surface area contributed by atoms with Crippen LogP contribution in [0.2, 0.25) is 0 Å². The second kappa shape index (κ2) is 9.07. The van der Waals surface area contributed by atoms with Gasteiger partial charge in [-0.1, -0.05) is 42.5 Å². The van der Waals surface area contributed by atoms with Crippen molar-refractivity contribution in [3.63, 3.8) is 0 Å². The van der Waals surface area contributed by atoms with Crippen molar-refractivity contribution < 1.29 is 9.53 Å². The average molecular weight is 372 g/mol. The Morgan fingerprint density at radius 1 is 1.23 bits per heavy atom. The van der Waals surface area contributed by atoms with Gasteiger partial charge in [0.1, 0.15) is 9.88 Å². The molecule has 1 aliphatic heterocycles. The zero-order chi connectivity index (χ0) is 18.4. The summed E-state index contributed by atoms with van der Waals surface area (Å²) in [5.74, 6) is 0.0989. The van der Waals surface area contributed by atoms with E-state index in [9.17, 15) is 4.79 Å². The molecule has 26 heavy (non-hydrogen) atoms. The SMILES string of the molecule is COCc1nc(C)c(C(=O)N2CCN(C/C=C/c3ccccc3)CC2)s1. The van der Waals surface area contributed by atoms with Crippen molar-refractivity contribution in [2.75, 3.05) is 39.8 Å². The summed E-state index contributed by atoms with van der Waals surface area (Å²) in [6.45, 7) is 6.58. The van der Waals surface area contributed by atoms with Crippen LogP contribution in [0, 0.1) is 6.92 Å². The molecular formula is C20H25N3O2S. The zero-order valence-electron chi connectivity index (χ0n) is 15.4. The van der Waals surface area contributed by atoms with Crippen LogP contribution in [0.1, 0.15) is 25.9 Å². The summed E-state index contributed by atoms with van der Waals surface area (Å²) < 4.78 is 5.11. The van der Waals surface area contributed by atoms with E-state index in [0.29, 0.717) is 6.61 Å². The Bertz CT molecular complexity index is 750. The Morgan fingerprint density at radius 2 is 1.96 bits per heavy atom. The molecule has 2 heterocycles. The number of hydrogen-bond donors (Lipinski definition) is 0. The summed E-state index contributed by atoms with van der Waals surface area (Å²) >= 11 is 1.45. The molecule has 1 amide bonds. The molecule has 0 radical (unpaired) electrons. The van der Waals surface area contributed by atoms with Crippen molar-refractivity contribution in [1.29, 1.82) is 0 Å². The first kappa shape index (κ1) is 18.8. The topological polar surface area (TPSA) is 45.7 Å². The Balaban J connectivity index is 1.50. The van der Waals surface area contributed by atoms with Gasteiger partial charge in [0.25, 0.3) is 5.91 Å². The lowest BCUT2D eigenvalue weighted by atomic mass is 10.2. The van der Waals surface area contributed by atoms with Crippen molar-refractivity contribution in [3.8, 4) is 0 Å². The smallest absolute Gasteiger partial charge is 0.265 e. The number of benzene rings is 1. The summed E-state index contributed by atoms with van der Waals surface area (Å²) in [6, 6.07) is 10.3. The number of hydrogen-bond acceptors (Lipinski definition) is 5. The van der Waals surface area contributed by atoms with E-state index in [2.05, 4.69) is 34.2 Å². The van der Waals surface area contributed by atoms with Crippen molar-refractivity contribution in [1.82, 2.24) is 14.8 Å². The minimum atomic E-state index is 0.0989. The molecule has 1 aliphatic rings. The van der Waals surface area contributed by atoms with Gasteiger partial charge in [-0.25, -0.2) is 4.98 Å². The normalized spacial score (nSPS) is 15.7. The van der Waals surface area contributed by atoms with Crippen molar-refractivity contribution >= 4 is 23.3 Å². The van der Waals surface area contributed by atoms with E-state index < -0.39 is 0 Å². The van der Waals surface area contributed by atoms with Crippen LogP contribution in [0.15, 0.2) is 36.4 Å². The predicted octanol–water partition coefficient (Wildman–Crippen LogP) is 3.07. The van der Waals surface area contributed by atoms with Crippen LogP contribution in [0.25, 0.3) is 6.08 Å². The molecule has 2 aromatic rings. The number of nitrogens with zero attached hydrogens (tertiary/aromatic N) is 3. The number of carbonyl (C=O) groups is 1. The Hall–Kier alpha value is -2.02. The highest BCUT2D eigenvalue weighted by molar-refractivity contribution is 7.13. The number of piperazine rings is 1. The molecule has 138 valence electrons.